The van der Waals surface area contributed by atoms with Crippen molar-refractivity contribution in [3.63, 3.8) is 0 Å². The molecule has 0 bridgehead atoms. The van der Waals surface area contributed by atoms with Gasteiger partial charge in [0.2, 0.25) is 5.91 Å². The number of halogens is 2. The van der Waals surface area contributed by atoms with Crippen molar-refractivity contribution in [3.05, 3.63) is 61.0 Å². The zero-order chi connectivity index (χ0) is 19.6. The third-order valence-corrected chi connectivity index (χ3v) is 5.76. The highest BCUT2D eigenvalue weighted by atomic mass is 127. The highest BCUT2D eigenvalue weighted by Gasteiger charge is 2.36. The number of phenolic OH excluding ortho intramolecular Hbond substituents is 1. The smallest absolute Gasteiger partial charge is 0.294 e. The molecule has 2 N–H and O–H groups in total. The van der Waals surface area contributed by atoms with E-state index in [4.69, 9.17) is 0 Å². The molecule has 2 aromatic rings. The Kier molecular flexibility index (Phi) is 6.22. The number of imide groups is 1. The maximum atomic E-state index is 12.5. The van der Waals surface area contributed by atoms with Gasteiger partial charge in [0.15, 0.2) is 0 Å². The number of aromatic hydroxyl groups is 1. The molecule has 1 aliphatic rings. The molecule has 3 rings (SSSR count). The van der Waals surface area contributed by atoms with E-state index in [2.05, 4.69) is 21.2 Å². The van der Waals surface area contributed by atoms with Gasteiger partial charge in [0.1, 0.15) is 12.3 Å². The Morgan fingerprint density at radius 3 is 2.67 bits per heavy atom. The summed E-state index contributed by atoms with van der Waals surface area (Å²) in [5.41, 5.74) is 0.992. The summed E-state index contributed by atoms with van der Waals surface area (Å²) < 4.78 is 1.34. The lowest BCUT2D eigenvalue weighted by Crippen LogP contribution is -2.36. The van der Waals surface area contributed by atoms with Crippen molar-refractivity contribution in [1.29, 1.82) is 0 Å². The standard InChI is InChI=1S/C18H12BrIN2O4S/c19-11-6-10(16(24)13(20)8-11)7-14-17(25)22(18(26)27-14)9-15(23)21-12-4-2-1-3-5-12/h1-8,24H,9H2,(H,21,23)/b14-7-. The first-order chi connectivity index (χ1) is 12.8. The Labute approximate surface area is 181 Å². The van der Waals surface area contributed by atoms with Gasteiger partial charge in [0.05, 0.1) is 8.48 Å². The van der Waals surface area contributed by atoms with Crippen LogP contribution in [0.25, 0.3) is 6.08 Å². The van der Waals surface area contributed by atoms with Gasteiger partial charge in [-0.15, -0.1) is 0 Å². The van der Waals surface area contributed by atoms with Crippen molar-refractivity contribution in [3.8, 4) is 5.75 Å². The van der Waals surface area contributed by atoms with Crippen LogP contribution in [0.4, 0.5) is 10.5 Å². The maximum Gasteiger partial charge on any atom is 0.294 e. The molecular weight excluding hydrogens is 547 g/mol. The van der Waals surface area contributed by atoms with Gasteiger partial charge in [-0.05, 0) is 64.7 Å². The zero-order valence-electron chi connectivity index (χ0n) is 13.6. The molecule has 6 nitrogen and oxygen atoms in total. The second-order valence-corrected chi connectivity index (χ2v) is 8.58. The molecule has 1 fully saturated rings. The van der Waals surface area contributed by atoms with Crippen LogP contribution in [-0.4, -0.2) is 33.6 Å². The fourth-order valence-electron chi connectivity index (χ4n) is 2.34. The minimum Gasteiger partial charge on any atom is -0.506 e. The Balaban J connectivity index is 1.76. The van der Waals surface area contributed by atoms with Crippen LogP contribution in [-0.2, 0) is 9.59 Å². The summed E-state index contributed by atoms with van der Waals surface area (Å²) in [4.78, 5) is 37.9. The third-order valence-electron chi connectivity index (χ3n) is 3.58. The van der Waals surface area contributed by atoms with Crippen LogP contribution in [0.15, 0.2) is 51.8 Å². The van der Waals surface area contributed by atoms with Gasteiger partial charge in [-0.1, -0.05) is 34.1 Å². The largest absolute Gasteiger partial charge is 0.506 e. The van der Waals surface area contributed by atoms with E-state index in [1.807, 2.05) is 28.7 Å². The lowest BCUT2D eigenvalue weighted by Gasteiger charge is -2.12. The predicted molar refractivity (Wildman–Crippen MR) is 116 cm³/mol. The monoisotopic (exact) mass is 558 g/mol. The summed E-state index contributed by atoms with van der Waals surface area (Å²) in [5, 5.41) is 12.3. The van der Waals surface area contributed by atoms with Crippen molar-refractivity contribution < 1.29 is 19.5 Å². The predicted octanol–water partition coefficient (Wildman–Crippen LogP) is 4.43. The van der Waals surface area contributed by atoms with E-state index in [0.717, 1.165) is 21.1 Å². The lowest BCUT2D eigenvalue weighted by molar-refractivity contribution is -0.127. The van der Waals surface area contributed by atoms with E-state index in [1.54, 1.807) is 36.4 Å². The first-order valence-corrected chi connectivity index (χ1v) is 10.3. The molecule has 2 aromatic carbocycles. The highest BCUT2D eigenvalue weighted by molar-refractivity contribution is 14.1. The molecule has 3 amide bonds. The van der Waals surface area contributed by atoms with Crippen LogP contribution in [0.2, 0.25) is 0 Å². The maximum absolute atomic E-state index is 12.5. The molecule has 1 saturated heterocycles. The lowest BCUT2D eigenvalue weighted by atomic mass is 10.2. The molecule has 138 valence electrons. The first kappa shape index (κ1) is 19.9. The summed E-state index contributed by atoms with van der Waals surface area (Å²) in [7, 11) is 0. The topological polar surface area (TPSA) is 86.7 Å². The molecule has 0 aromatic heterocycles. The summed E-state index contributed by atoms with van der Waals surface area (Å²) in [6.07, 6.45) is 1.45. The molecular formula is C18H12BrIN2O4S. The van der Waals surface area contributed by atoms with Crippen LogP contribution in [0.3, 0.4) is 0 Å². The number of amides is 3. The quantitative estimate of drug-likeness (QED) is 0.428. The SMILES string of the molecule is O=C(CN1C(=O)S/C(=C\c2cc(Br)cc(I)c2O)C1=O)Nc1ccccc1. The van der Waals surface area contributed by atoms with Gasteiger partial charge in [-0.25, -0.2) is 0 Å². The Morgan fingerprint density at radius 1 is 1.26 bits per heavy atom. The van der Waals surface area contributed by atoms with E-state index in [1.165, 1.54) is 6.08 Å². The summed E-state index contributed by atoms with van der Waals surface area (Å²) >= 11 is 6.04. The summed E-state index contributed by atoms with van der Waals surface area (Å²) in [6, 6.07) is 12.1. The van der Waals surface area contributed by atoms with Crippen LogP contribution in [0.5, 0.6) is 5.75 Å². The minimum atomic E-state index is -0.567. The van der Waals surface area contributed by atoms with E-state index in [-0.39, 0.29) is 17.2 Å². The second-order valence-electron chi connectivity index (χ2n) is 5.51. The number of para-hydroxylation sites is 1. The molecule has 1 heterocycles. The van der Waals surface area contributed by atoms with E-state index >= 15 is 0 Å². The number of nitrogens with zero attached hydrogens (tertiary/aromatic N) is 1. The zero-order valence-corrected chi connectivity index (χ0v) is 18.2. The van der Waals surface area contributed by atoms with Gasteiger partial charge in [-0.2, -0.15) is 0 Å². The summed E-state index contributed by atoms with van der Waals surface area (Å²) in [5.74, 6) is -1.01. The number of nitrogens with one attached hydrogen (secondary N) is 1. The molecule has 1 aliphatic heterocycles. The molecule has 0 spiro atoms. The number of hydrogen-bond acceptors (Lipinski definition) is 5. The van der Waals surface area contributed by atoms with Crippen molar-refractivity contribution >= 4 is 79.1 Å². The van der Waals surface area contributed by atoms with E-state index in [0.29, 0.717) is 14.8 Å². The fraction of sp³-hybridized carbons (Fsp3) is 0.0556. The van der Waals surface area contributed by atoms with Gasteiger partial charge < -0.3 is 10.4 Å². The van der Waals surface area contributed by atoms with Crippen LogP contribution < -0.4 is 5.32 Å². The highest BCUT2D eigenvalue weighted by Crippen LogP contribution is 2.36. The van der Waals surface area contributed by atoms with Crippen LogP contribution in [0, 0.1) is 3.57 Å². The van der Waals surface area contributed by atoms with Gasteiger partial charge in [-0.3, -0.25) is 19.3 Å². The van der Waals surface area contributed by atoms with Gasteiger partial charge >= 0.3 is 0 Å². The average molecular weight is 559 g/mol. The van der Waals surface area contributed by atoms with Crippen LogP contribution in [0.1, 0.15) is 5.56 Å². The van der Waals surface area contributed by atoms with Crippen molar-refractivity contribution in [2.24, 2.45) is 0 Å². The normalized spacial score (nSPS) is 15.5. The minimum absolute atomic E-state index is 0.0208. The second kappa shape index (κ2) is 8.44. The van der Waals surface area contributed by atoms with Crippen molar-refractivity contribution in [2.75, 3.05) is 11.9 Å². The summed E-state index contributed by atoms with van der Waals surface area (Å²) in [6.45, 7) is -0.376. The molecule has 27 heavy (non-hydrogen) atoms. The Hall–Kier alpha value is -1.85. The van der Waals surface area contributed by atoms with Gasteiger partial charge in [0.25, 0.3) is 11.1 Å². The molecule has 0 aliphatic carbocycles. The number of thioether (sulfide) groups is 1. The van der Waals surface area contributed by atoms with E-state index in [9.17, 15) is 19.5 Å². The van der Waals surface area contributed by atoms with Crippen molar-refractivity contribution in [2.45, 2.75) is 0 Å². The molecule has 0 atom stereocenters. The molecule has 9 heteroatoms. The van der Waals surface area contributed by atoms with Gasteiger partial charge in [0, 0.05) is 15.7 Å². The van der Waals surface area contributed by atoms with Crippen LogP contribution >= 0.6 is 50.3 Å². The third kappa shape index (κ3) is 4.71. The number of benzene rings is 2. The van der Waals surface area contributed by atoms with Crippen molar-refractivity contribution in [1.82, 2.24) is 4.90 Å². The number of rotatable bonds is 4. The molecule has 0 radical (unpaired) electrons. The molecule has 0 saturated carbocycles. The average Bonchev–Trinajstić information content (AvgIpc) is 2.87. The number of carbonyl (C=O) groups excluding carboxylic acids is 3. The number of hydrogen-bond donors (Lipinski definition) is 2. The fourth-order valence-corrected chi connectivity index (χ4v) is 4.72. The number of anilines is 1. The molecule has 0 unspecified atom stereocenters. The number of phenols is 1. The number of carbonyl (C=O) groups is 3. The Bertz CT molecular complexity index is 965. The first-order valence-electron chi connectivity index (χ1n) is 7.63. The Morgan fingerprint density at radius 2 is 1.96 bits per heavy atom. The van der Waals surface area contributed by atoms with E-state index < -0.39 is 17.1 Å².